The molecule has 0 saturated heterocycles. The third-order valence-corrected chi connectivity index (χ3v) is 3.56. The maximum absolute atomic E-state index is 5.82. The Hall–Kier alpha value is -0.890. The van der Waals surface area contributed by atoms with E-state index in [1.54, 1.807) is 0 Å². The van der Waals surface area contributed by atoms with E-state index in [9.17, 15) is 0 Å². The van der Waals surface area contributed by atoms with Crippen molar-refractivity contribution in [2.45, 2.75) is 25.2 Å². The first-order chi connectivity index (χ1) is 6.65. The second kappa shape index (κ2) is 5.11. The Balaban J connectivity index is 2.68. The molecule has 0 bridgehead atoms. The molecule has 0 amide bonds. The van der Waals surface area contributed by atoms with Gasteiger partial charge in [0, 0.05) is 16.3 Å². The number of nitrogens with two attached hydrogens (primary N) is 1. The Morgan fingerprint density at radius 2 is 2.21 bits per heavy atom. The Kier molecular flexibility index (Phi) is 4.08. The van der Waals surface area contributed by atoms with E-state index in [4.69, 9.17) is 5.73 Å². The molecule has 1 rings (SSSR count). The monoisotopic (exact) mass is 207 g/mol. The summed E-state index contributed by atoms with van der Waals surface area (Å²) in [5.41, 5.74) is 9.15. The maximum Gasteiger partial charge on any atom is 0.0354 e. The first-order valence-electron chi connectivity index (χ1n) is 4.79. The zero-order chi connectivity index (χ0) is 10.6. The van der Waals surface area contributed by atoms with Gasteiger partial charge < -0.3 is 5.73 Å². The lowest BCUT2D eigenvalue weighted by Crippen LogP contribution is -1.92. The van der Waals surface area contributed by atoms with Gasteiger partial charge in [-0.2, -0.15) is 0 Å². The highest BCUT2D eigenvalue weighted by Gasteiger charge is 2.01. The lowest BCUT2D eigenvalue weighted by atomic mass is 10.2. The summed E-state index contributed by atoms with van der Waals surface area (Å²) in [5.74, 6) is 0.987. The van der Waals surface area contributed by atoms with Crippen molar-refractivity contribution in [2.24, 2.45) is 0 Å². The fourth-order valence-electron chi connectivity index (χ4n) is 1.07. The molecule has 1 aromatic rings. The van der Waals surface area contributed by atoms with Crippen LogP contribution in [0.1, 0.15) is 18.9 Å². The predicted molar refractivity (Wildman–Crippen MR) is 65.7 cm³/mol. The second-order valence-corrected chi connectivity index (χ2v) is 4.38. The maximum atomic E-state index is 5.82. The summed E-state index contributed by atoms with van der Waals surface area (Å²) >= 11 is 1.81. The van der Waals surface area contributed by atoms with Gasteiger partial charge in [0.2, 0.25) is 0 Å². The van der Waals surface area contributed by atoms with Gasteiger partial charge in [-0.3, -0.25) is 0 Å². The van der Waals surface area contributed by atoms with E-state index < -0.39 is 0 Å². The minimum atomic E-state index is 0.872. The van der Waals surface area contributed by atoms with Gasteiger partial charge in [-0.1, -0.05) is 25.1 Å². The average molecular weight is 207 g/mol. The van der Waals surface area contributed by atoms with E-state index in [0.29, 0.717) is 0 Å². The molecular formula is C12H17NS. The molecule has 0 aliphatic heterocycles. The molecule has 0 atom stereocenters. The van der Waals surface area contributed by atoms with Crippen LogP contribution in [0, 0.1) is 6.92 Å². The molecule has 1 nitrogen and oxygen atoms in total. The standard InChI is InChI=1S/C12H17NS/c1-4-9(2)8-14-12-7-5-6-11(13)10(12)3/h5-7H,2,4,8,13H2,1,3H3. The Morgan fingerprint density at radius 1 is 1.50 bits per heavy atom. The van der Waals surface area contributed by atoms with Crippen molar-refractivity contribution in [2.75, 3.05) is 11.5 Å². The third kappa shape index (κ3) is 2.81. The van der Waals surface area contributed by atoms with Crippen LogP contribution in [0.25, 0.3) is 0 Å². The largest absolute Gasteiger partial charge is 0.398 e. The lowest BCUT2D eigenvalue weighted by Gasteiger charge is -2.08. The Morgan fingerprint density at radius 3 is 2.86 bits per heavy atom. The number of thioether (sulfide) groups is 1. The normalized spacial score (nSPS) is 10.1. The number of hydrogen-bond donors (Lipinski definition) is 1. The van der Waals surface area contributed by atoms with Crippen molar-refractivity contribution in [1.29, 1.82) is 0 Å². The Labute approximate surface area is 90.4 Å². The first kappa shape index (κ1) is 11.2. The fourth-order valence-corrected chi connectivity index (χ4v) is 2.14. The van der Waals surface area contributed by atoms with Crippen molar-refractivity contribution in [3.05, 3.63) is 35.9 Å². The van der Waals surface area contributed by atoms with Gasteiger partial charge in [0.05, 0.1) is 0 Å². The summed E-state index contributed by atoms with van der Waals surface area (Å²) < 4.78 is 0. The molecule has 0 aliphatic carbocycles. The van der Waals surface area contributed by atoms with Crippen LogP contribution in [-0.2, 0) is 0 Å². The minimum absolute atomic E-state index is 0.872. The van der Waals surface area contributed by atoms with E-state index in [0.717, 1.165) is 17.9 Å². The van der Waals surface area contributed by atoms with Gasteiger partial charge in [-0.25, -0.2) is 0 Å². The smallest absolute Gasteiger partial charge is 0.0354 e. The molecular weight excluding hydrogens is 190 g/mol. The van der Waals surface area contributed by atoms with E-state index in [-0.39, 0.29) is 0 Å². The summed E-state index contributed by atoms with van der Waals surface area (Å²) in [6.07, 6.45) is 1.05. The van der Waals surface area contributed by atoms with Crippen LogP contribution in [0.2, 0.25) is 0 Å². The molecule has 0 spiro atoms. The van der Waals surface area contributed by atoms with Crippen LogP contribution in [0.3, 0.4) is 0 Å². The molecule has 0 fully saturated rings. The van der Waals surface area contributed by atoms with Gasteiger partial charge in [0.25, 0.3) is 0 Å². The van der Waals surface area contributed by atoms with E-state index in [1.807, 2.05) is 23.9 Å². The number of anilines is 1. The van der Waals surface area contributed by atoms with E-state index in [2.05, 4.69) is 26.5 Å². The number of nitrogen functional groups attached to an aromatic ring is 1. The summed E-state index contributed by atoms with van der Waals surface area (Å²) in [6, 6.07) is 6.05. The average Bonchev–Trinajstić information content (AvgIpc) is 2.20. The van der Waals surface area contributed by atoms with Crippen LogP contribution in [0.5, 0.6) is 0 Å². The second-order valence-electron chi connectivity index (χ2n) is 3.36. The number of hydrogen-bond acceptors (Lipinski definition) is 2. The van der Waals surface area contributed by atoms with Crippen molar-refractivity contribution >= 4 is 17.4 Å². The molecule has 1 aromatic carbocycles. The highest BCUT2D eigenvalue weighted by Crippen LogP contribution is 2.27. The summed E-state index contributed by atoms with van der Waals surface area (Å²) in [7, 11) is 0. The van der Waals surface area contributed by atoms with Crippen molar-refractivity contribution in [3.63, 3.8) is 0 Å². The molecule has 0 radical (unpaired) electrons. The molecule has 2 N–H and O–H groups in total. The van der Waals surface area contributed by atoms with E-state index in [1.165, 1.54) is 16.0 Å². The van der Waals surface area contributed by atoms with Crippen LogP contribution in [0.4, 0.5) is 5.69 Å². The zero-order valence-corrected chi connectivity index (χ0v) is 9.66. The third-order valence-electron chi connectivity index (χ3n) is 2.26. The molecule has 0 aliphatic rings. The molecule has 14 heavy (non-hydrogen) atoms. The van der Waals surface area contributed by atoms with Gasteiger partial charge in [0.15, 0.2) is 0 Å². The highest BCUT2D eigenvalue weighted by molar-refractivity contribution is 7.99. The van der Waals surface area contributed by atoms with Crippen LogP contribution in [-0.4, -0.2) is 5.75 Å². The van der Waals surface area contributed by atoms with Gasteiger partial charge in [0.1, 0.15) is 0 Å². The van der Waals surface area contributed by atoms with Gasteiger partial charge in [-0.15, -0.1) is 11.8 Å². The molecule has 0 heterocycles. The zero-order valence-electron chi connectivity index (χ0n) is 8.84. The van der Waals surface area contributed by atoms with Crippen molar-refractivity contribution in [3.8, 4) is 0 Å². The van der Waals surface area contributed by atoms with Crippen molar-refractivity contribution in [1.82, 2.24) is 0 Å². The lowest BCUT2D eigenvalue weighted by molar-refractivity contribution is 1.11. The summed E-state index contributed by atoms with van der Waals surface area (Å²) in [6.45, 7) is 8.18. The number of benzene rings is 1. The fraction of sp³-hybridized carbons (Fsp3) is 0.333. The summed E-state index contributed by atoms with van der Waals surface area (Å²) in [4.78, 5) is 1.26. The summed E-state index contributed by atoms with van der Waals surface area (Å²) in [5, 5.41) is 0. The minimum Gasteiger partial charge on any atom is -0.398 e. The topological polar surface area (TPSA) is 26.0 Å². The molecule has 0 aromatic heterocycles. The SMILES string of the molecule is C=C(CC)CSc1cccc(N)c1C. The van der Waals surface area contributed by atoms with Crippen LogP contribution >= 0.6 is 11.8 Å². The molecule has 0 unspecified atom stereocenters. The number of rotatable bonds is 4. The van der Waals surface area contributed by atoms with Crippen LogP contribution < -0.4 is 5.73 Å². The van der Waals surface area contributed by atoms with E-state index >= 15 is 0 Å². The van der Waals surface area contributed by atoms with Gasteiger partial charge in [-0.05, 0) is 31.0 Å². The van der Waals surface area contributed by atoms with Gasteiger partial charge >= 0.3 is 0 Å². The predicted octanol–water partition coefficient (Wildman–Crippen LogP) is 3.64. The van der Waals surface area contributed by atoms with Crippen molar-refractivity contribution < 1.29 is 0 Å². The quantitative estimate of drug-likeness (QED) is 0.463. The highest BCUT2D eigenvalue weighted by atomic mass is 32.2. The molecule has 2 heteroatoms. The molecule has 76 valence electrons. The van der Waals surface area contributed by atoms with Crippen LogP contribution in [0.15, 0.2) is 35.2 Å². The first-order valence-corrected chi connectivity index (χ1v) is 5.78. The molecule has 0 saturated carbocycles. The Bertz CT molecular complexity index is 331.